The van der Waals surface area contributed by atoms with Crippen molar-refractivity contribution >= 4 is 5.97 Å². The lowest BCUT2D eigenvalue weighted by Gasteiger charge is -2.66. The molecule has 6 N–H and O–H groups in total. The van der Waals surface area contributed by atoms with Crippen molar-refractivity contribution in [1.82, 2.24) is 0 Å². The van der Waals surface area contributed by atoms with Crippen LogP contribution in [-0.2, 0) is 33.2 Å². The topological polar surface area (TPSA) is 194 Å². The van der Waals surface area contributed by atoms with Gasteiger partial charge < -0.3 is 59.1 Å². The summed E-state index contributed by atoms with van der Waals surface area (Å²) >= 11 is 0. The van der Waals surface area contributed by atoms with Gasteiger partial charge in [0.2, 0.25) is 0 Å². The van der Waals surface area contributed by atoms with E-state index in [2.05, 4.69) is 13.8 Å². The Hall–Kier alpha value is -1.23. The minimum atomic E-state index is -1.56. The summed E-state index contributed by atoms with van der Waals surface area (Å²) in [7, 11) is 1.55. The molecule has 49 heavy (non-hydrogen) atoms. The second-order valence-corrected chi connectivity index (χ2v) is 16.6. The van der Waals surface area contributed by atoms with Crippen molar-refractivity contribution in [2.24, 2.45) is 28.6 Å². The van der Waals surface area contributed by atoms with Crippen LogP contribution in [-0.4, -0.2) is 130 Å². The molecule has 13 nitrogen and oxygen atoms in total. The summed E-state index contributed by atoms with van der Waals surface area (Å²) in [6.07, 6.45) is -1.10. The Morgan fingerprint density at radius 2 is 1.63 bits per heavy atom. The highest BCUT2D eigenvalue weighted by atomic mass is 16.7. The van der Waals surface area contributed by atoms with Crippen molar-refractivity contribution in [3.05, 3.63) is 11.6 Å². The fourth-order valence-electron chi connectivity index (χ4n) is 11.5. The molecule has 0 radical (unpaired) electrons. The summed E-state index contributed by atoms with van der Waals surface area (Å²) in [5.74, 6) is 0.0783. The molecule has 0 unspecified atom stereocenters. The number of carbonyl (C=O) groups is 1. The van der Waals surface area contributed by atoms with Gasteiger partial charge >= 0.3 is 5.97 Å². The molecular formula is C36H56O13. The number of fused-ring (bicyclic) bond motifs is 5. The summed E-state index contributed by atoms with van der Waals surface area (Å²) < 4.78 is 35.4. The highest BCUT2D eigenvalue weighted by Gasteiger charge is 2.70. The van der Waals surface area contributed by atoms with Crippen LogP contribution in [0.5, 0.6) is 0 Å². The number of hydrogen-bond acceptors (Lipinski definition) is 13. The van der Waals surface area contributed by atoms with Crippen LogP contribution in [0.2, 0.25) is 0 Å². The fourth-order valence-corrected chi connectivity index (χ4v) is 11.5. The van der Waals surface area contributed by atoms with Crippen molar-refractivity contribution in [2.45, 2.75) is 158 Å². The van der Waals surface area contributed by atoms with E-state index in [0.29, 0.717) is 32.3 Å². The molecule has 0 aromatic rings. The second-order valence-electron chi connectivity index (χ2n) is 16.6. The molecule has 0 spiro atoms. The van der Waals surface area contributed by atoms with E-state index in [1.807, 2.05) is 0 Å². The Bertz CT molecular complexity index is 1280. The second kappa shape index (κ2) is 13.0. The summed E-state index contributed by atoms with van der Waals surface area (Å²) in [6, 6.07) is 0. The maximum Gasteiger partial charge on any atom is 0.331 e. The molecule has 7 rings (SSSR count). The first kappa shape index (κ1) is 36.1. The van der Waals surface area contributed by atoms with Crippen molar-refractivity contribution < 1.29 is 63.9 Å². The van der Waals surface area contributed by atoms with E-state index in [-0.39, 0.29) is 40.7 Å². The predicted octanol–water partition coefficient (Wildman–Crippen LogP) is 1.08. The minimum absolute atomic E-state index is 0.0724. The SMILES string of the molecule is CO[C@@H]1C[C@H](O[C@H]2CC[C@]3(C)[C@H]4CC[C@]5(C)[C@@H](C6=CC(=O)OC6)CC[C@]5(O)[C@@H]4CC[C@]3(O)C2)O[C@H](C)[C@H]1O[C@@H]1O[C@H](CO)[C@@H](O)[C@H](O)[C@H]1O. The molecule has 0 aromatic heterocycles. The zero-order valence-corrected chi connectivity index (χ0v) is 29.1. The molecule has 0 aromatic carbocycles. The standard InChI is InChI=1S/C36H56O13/c1-18-31(49-32-30(41)29(40)28(39)25(16-37)48-32)24(44-4)14-27(46-18)47-20-5-9-33(2)22-6-10-34(3)21(19-13-26(38)45-17-19)8-12-36(34,43)23(22)7-11-35(33,42)15-20/h13,18,20-25,27-32,37,39-43H,5-12,14-17H2,1-4H3/t18-,20+,21-,22+,23-,24-,25-,27+,28-,29+,30-,31-,32+,33-,34-,35+,36+/m1/s1. The van der Waals surface area contributed by atoms with E-state index in [1.165, 1.54) is 0 Å². The van der Waals surface area contributed by atoms with Crippen LogP contribution in [0, 0.1) is 28.6 Å². The third-order valence-electron chi connectivity index (χ3n) is 14.5. The van der Waals surface area contributed by atoms with Crippen LogP contribution < -0.4 is 0 Å². The van der Waals surface area contributed by atoms with Gasteiger partial charge in [-0.15, -0.1) is 0 Å². The molecule has 3 heterocycles. The van der Waals surface area contributed by atoms with Crippen molar-refractivity contribution in [1.29, 1.82) is 0 Å². The lowest BCUT2D eigenvalue weighted by molar-refractivity contribution is -0.347. The zero-order valence-electron chi connectivity index (χ0n) is 29.1. The van der Waals surface area contributed by atoms with Gasteiger partial charge in [0.25, 0.3) is 0 Å². The number of cyclic esters (lactones) is 1. The number of methoxy groups -OCH3 is 1. The summed E-state index contributed by atoms with van der Waals surface area (Å²) in [4.78, 5) is 11.9. The Morgan fingerprint density at radius 3 is 2.33 bits per heavy atom. The zero-order chi connectivity index (χ0) is 35.1. The average molecular weight is 697 g/mol. The molecule has 278 valence electrons. The highest BCUT2D eigenvalue weighted by molar-refractivity contribution is 5.85. The highest BCUT2D eigenvalue weighted by Crippen LogP contribution is 2.70. The summed E-state index contributed by atoms with van der Waals surface area (Å²) in [5.41, 5.74) is -1.52. The smallest absolute Gasteiger partial charge is 0.331 e. The van der Waals surface area contributed by atoms with E-state index in [9.17, 15) is 35.4 Å². The van der Waals surface area contributed by atoms with E-state index >= 15 is 0 Å². The Labute approximate surface area is 287 Å². The number of aliphatic hydroxyl groups is 6. The van der Waals surface area contributed by atoms with Crippen molar-refractivity contribution in [2.75, 3.05) is 20.3 Å². The maximum atomic E-state index is 12.5. The molecule has 4 saturated carbocycles. The first-order chi connectivity index (χ1) is 23.2. The van der Waals surface area contributed by atoms with Crippen molar-refractivity contribution in [3.8, 4) is 0 Å². The molecule has 0 bridgehead atoms. The molecular weight excluding hydrogens is 640 g/mol. The van der Waals surface area contributed by atoms with Gasteiger partial charge in [-0.25, -0.2) is 4.79 Å². The largest absolute Gasteiger partial charge is 0.458 e. The summed E-state index contributed by atoms with van der Waals surface area (Å²) in [5, 5.41) is 65.4. The van der Waals surface area contributed by atoms with E-state index in [4.69, 9.17) is 28.4 Å². The Morgan fingerprint density at radius 1 is 0.898 bits per heavy atom. The first-order valence-corrected chi connectivity index (χ1v) is 18.3. The third kappa shape index (κ3) is 5.65. The molecule has 6 fully saturated rings. The van der Waals surface area contributed by atoms with Gasteiger partial charge in [0, 0.05) is 31.4 Å². The van der Waals surface area contributed by atoms with Crippen LogP contribution in [0.25, 0.3) is 0 Å². The van der Waals surface area contributed by atoms with E-state index < -0.39 is 73.1 Å². The quantitative estimate of drug-likeness (QED) is 0.164. The van der Waals surface area contributed by atoms with Gasteiger partial charge in [-0.1, -0.05) is 13.8 Å². The Balaban J connectivity index is 0.994. The molecule has 4 aliphatic carbocycles. The predicted molar refractivity (Wildman–Crippen MR) is 170 cm³/mol. The first-order valence-electron chi connectivity index (χ1n) is 18.3. The van der Waals surface area contributed by atoms with Crippen LogP contribution in [0.4, 0.5) is 0 Å². The van der Waals surface area contributed by atoms with Gasteiger partial charge in [0.1, 0.15) is 37.1 Å². The van der Waals surface area contributed by atoms with Gasteiger partial charge in [-0.3, -0.25) is 0 Å². The van der Waals surface area contributed by atoms with E-state index in [1.54, 1.807) is 20.1 Å². The fraction of sp³-hybridized carbons (Fsp3) is 0.917. The number of rotatable bonds is 7. The monoisotopic (exact) mass is 696 g/mol. The average Bonchev–Trinajstić information content (AvgIpc) is 3.61. The van der Waals surface area contributed by atoms with Crippen molar-refractivity contribution in [3.63, 3.8) is 0 Å². The molecule has 2 saturated heterocycles. The van der Waals surface area contributed by atoms with Crippen LogP contribution >= 0.6 is 0 Å². The lowest BCUT2D eigenvalue weighted by Crippen LogP contribution is -2.67. The molecule has 0 amide bonds. The normalized spacial score (nSPS) is 54.4. The molecule has 3 aliphatic heterocycles. The molecule has 17 atom stereocenters. The molecule has 13 heteroatoms. The summed E-state index contributed by atoms with van der Waals surface area (Å²) in [6.45, 7) is 5.98. The number of aliphatic hydroxyl groups excluding tert-OH is 4. The van der Waals surface area contributed by atoms with Crippen LogP contribution in [0.15, 0.2) is 11.6 Å². The Kier molecular flexibility index (Phi) is 9.60. The number of carbonyl (C=O) groups excluding carboxylic acids is 1. The number of ether oxygens (including phenoxy) is 6. The van der Waals surface area contributed by atoms with Gasteiger partial charge in [-0.2, -0.15) is 0 Å². The van der Waals surface area contributed by atoms with Crippen LogP contribution in [0.1, 0.15) is 85.0 Å². The third-order valence-corrected chi connectivity index (χ3v) is 14.5. The van der Waals surface area contributed by atoms with Gasteiger partial charge in [-0.05, 0) is 87.0 Å². The van der Waals surface area contributed by atoms with Gasteiger partial charge in [0.15, 0.2) is 12.6 Å². The van der Waals surface area contributed by atoms with Crippen LogP contribution in [0.3, 0.4) is 0 Å². The molecule has 7 aliphatic rings. The van der Waals surface area contributed by atoms with E-state index in [0.717, 1.165) is 44.1 Å². The number of esters is 1. The van der Waals surface area contributed by atoms with Gasteiger partial charge in [0.05, 0.1) is 36.1 Å². The lowest BCUT2D eigenvalue weighted by atomic mass is 9.42. The number of hydrogen-bond donors (Lipinski definition) is 6. The maximum absolute atomic E-state index is 12.5. The minimum Gasteiger partial charge on any atom is -0.458 e.